The van der Waals surface area contributed by atoms with E-state index in [0.29, 0.717) is 5.69 Å². The third-order valence-electron chi connectivity index (χ3n) is 3.34. The van der Waals surface area contributed by atoms with Gasteiger partial charge in [-0.25, -0.2) is 4.79 Å². The Balaban J connectivity index is 2.32. The van der Waals surface area contributed by atoms with Gasteiger partial charge in [0.1, 0.15) is 5.56 Å². The highest BCUT2D eigenvalue weighted by atomic mass is 35.5. The largest absolute Gasteiger partial charge is 0.341 e. The molecule has 27 heavy (non-hydrogen) atoms. The topological polar surface area (TPSA) is 139 Å². The molecule has 0 aromatic heterocycles. The first-order valence-corrected chi connectivity index (χ1v) is 9.04. The van der Waals surface area contributed by atoms with Crippen molar-refractivity contribution >= 4 is 45.1 Å². The predicted molar refractivity (Wildman–Crippen MR) is 96.8 cm³/mol. The van der Waals surface area contributed by atoms with Crippen molar-refractivity contribution in [2.75, 3.05) is 12.4 Å². The molecule has 0 heterocycles. The third-order valence-corrected chi connectivity index (χ3v) is 5.49. The second kappa shape index (κ2) is 8.01. The Morgan fingerprint density at radius 2 is 1.70 bits per heavy atom. The number of nitro groups is 1. The van der Waals surface area contributed by atoms with Crippen LogP contribution in [0.25, 0.3) is 0 Å². The van der Waals surface area contributed by atoms with Gasteiger partial charge >= 0.3 is 6.03 Å². The summed E-state index contributed by atoms with van der Waals surface area (Å²) in [4.78, 5) is 33.5. The highest BCUT2D eigenvalue weighted by molar-refractivity contribution is 7.90. The normalized spacial score (nSPS) is 10.7. The van der Waals surface area contributed by atoms with Crippen molar-refractivity contribution in [1.29, 1.82) is 0 Å². The van der Waals surface area contributed by atoms with Crippen molar-refractivity contribution in [3.63, 3.8) is 0 Å². The minimum absolute atomic E-state index is 0.0868. The maximum atomic E-state index is 12.5. The zero-order valence-corrected chi connectivity index (χ0v) is 15.3. The first kappa shape index (κ1) is 20.1. The molecular formula is C15H13ClN4O6S. The van der Waals surface area contributed by atoms with E-state index in [0.717, 1.165) is 24.3 Å². The van der Waals surface area contributed by atoms with E-state index in [1.54, 1.807) is 0 Å². The number of hydrogen-bond acceptors (Lipinski definition) is 6. The number of anilines is 1. The van der Waals surface area contributed by atoms with Gasteiger partial charge < -0.3 is 10.6 Å². The van der Waals surface area contributed by atoms with Crippen LogP contribution in [0.5, 0.6) is 0 Å². The van der Waals surface area contributed by atoms with Gasteiger partial charge in [0.05, 0.1) is 9.82 Å². The summed E-state index contributed by atoms with van der Waals surface area (Å²) in [6.07, 6.45) is 0. The van der Waals surface area contributed by atoms with E-state index in [1.165, 1.54) is 31.3 Å². The number of carbonyl (C=O) groups excluding carboxylic acids is 2. The maximum Gasteiger partial charge on any atom is 0.318 e. The second-order valence-corrected chi connectivity index (χ2v) is 7.35. The maximum absolute atomic E-state index is 12.5. The number of nitrogens with zero attached hydrogens (tertiary/aromatic N) is 2. The van der Waals surface area contributed by atoms with Gasteiger partial charge in [-0.05, 0) is 30.3 Å². The fourth-order valence-corrected chi connectivity index (χ4v) is 3.33. The molecule has 12 heteroatoms. The Hall–Kier alpha value is -3.18. The van der Waals surface area contributed by atoms with E-state index in [2.05, 4.69) is 10.6 Å². The van der Waals surface area contributed by atoms with Crippen LogP contribution in [0.15, 0.2) is 53.4 Å². The Morgan fingerprint density at radius 3 is 2.26 bits per heavy atom. The lowest BCUT2D eigenvalue weighted by Gasteiger charge is -2.15. The summed E-state index contributed by atoms with van der Waals surface area (Å²) in [7, 11) is -3.07. The highest BCUT2D eigenvalue weighted by Crippen LogP contribution is 2.26. The number of para-hydroxylation sites is 1. The minimum Gasteiger partial charge on any atom is -0.341 e. The lowest BCUT2D eigenvalue weighted by atomic mass is 10.2. The summed E-state index contributed by atoms with van der Waals surface area (Å²) < 4.78 is 25.0. The van der Waals surface area contributed by atoms with Crippen molar-refractivity contribution in [1.82, 2.24) is 9.14 Å². The summed E-state index contributed by atoms with van der Waals surface area (Å²) in [6.45, 7) is 0. The Labute approximate surface area is 159 Å². The van der Waals surface area contributed by atoms with Gasteiger partial charge in [-0.3, -0.25) is 14.9 Å². The third kappa shape index (κ3) is 4.33. The number of amides is 3. The van der Waals surface area contributed by atoms with Gasteiger partial charge in [0.15, 0.2) is 0 Å². The summed E-state index contributed by atoms with van der Waals surface area (Å²) in [5.41, 5.74) is -0.744. The lowest BCUT2D eigenvalue weighted by Crippen LogP contribution is -2.29. The average molecular weight is 413 g/mol. The quantitative estimate of drug-likeness (QED) is 0.439. The Morgan fingerprint density at radius 1 is 1.11 bits per heavy atom. The molecule has 0 atom stereocenters. The van der Waals surface area contributed by atoms with Crippen molar-refractivity contribution in [3.05, 3.63) is 64.2 Å². The zero-order chi connectivity index (χ0) is 20.2. The second-order valence-electron chi connectivity index (χ2n) is 5.03. The molecule has 0 aliphatic carbocycles. The monoisotopic (exact) mass is 412 g/mol. The minimum atomic E-state index is -4.48. The molecule has 0 fully saturated rings. The molecule has 0 spiro atoms. The number of halogens is 1. The van der Waals surface area contributed by atoms with Gasteiger partial charge in [-0.15, -0.1) is 3.82 Å². The van der Waals surface area contributed by atoms with Crippen LogP contribution in [0.4, 0.5) is 16.2 Å². The number of rotatable bonds is 5. The van der Waals surface area contributed by atoms with Crippen molar-refractivity contribution < 1.29 is 22.9 Å². The van der Waals surface area contributed by atoms with Crippen LogP contribution >= 0.6 is 11.8 Å². The van der Waals surface area contributed by atoms with E-state index >= 15 is 0 Å². The van der Waals surface area contributed by atoms with Crippen LogP contribution in [-0.2, 0) is 10.0 Å². The van der Waals surface area contributed by atoms with Crippen LogP contribution in [0.3, 0.4) is 0 Å². The number of urea groups is 1. The molecule has 2 aromatic carbocycles. The summed E-state index contributed by atoms with van der Waals surface area (Å²) in [5, 5.41) is 15.8. The predicted octanol–water partition coefficient (Wildman–Crippen LogP) is 2.33. The van der Waals surface area contributed by atoms with E-state index in [-0.39, 0.29) is 8.72 Å². The van der Waals surface area contributed by atoms with Crippen LogP contribution in [0.2, 0.25) is 0 Å². The van der Waals surface area contributed by atoms with Crippen LogP contribution in [-0.4, -0.2) is 36.2 Å². The van der Waals surface area contributed by atoms with E-state index in [1.807, 2.05) is 0 Å². The molecule has 3 amide bonds. The molecule has 2 rings (SSSR count). The molecular weight excluding hydrogens is 400 g/mol. The molecule has 0 unspecified atom stereocenters. The first-order chi connectivity index (χ1) is 12.7. The SMILES string of the molecule is CNC(=O)Nc1ccc(S(=O)(=O)N(Cl)C(=O)c2ccccc2[N+](=O)[O-])cc1. The van der Waals surface area contributed by atoms with E-state index in [4.69, 9.17) is 11.8 Å². The summed E-state index contributed by atoms with van der Waals surface area (Å²) >= 11 is 5.71. The smallest absolute Gasteiger partial charge is 0.318 e. The number of carbonyl (C=O) groups is 2. The van der Waals surface area contributed by atoms with Gasteiger partial charge in [-0.1, -0.05) is 12.1 Å². The summed E-state index contributed by atoms with van der Waals surface area (Å²) in [6, 6.07) is 9.18. The van der Waals surface area contributed by atoms with E-state index < -0.39 is 38.1 Å². The van der Waals surface area contributed by atoms with Crippen molar-refractivity contribution in [2.45, 2.75) is 4.90 Å². The molecule has 0 bridgehead atoms. The molecule has 0 saturated carbocycles. The van der Waals surface area contributed by atoms with Crippen LogP contribution in [0, 0.1) is 10.1 Å². The zero-order valence-electron chi connectivity index (χ0n) is 13.7. The highest BCUT2D eigenvalue weighted by Gasteiger charge is 2.32. The van der Waals surface area contributed by atoms with Crippen molar-refractivity contribution in [3.8, 4) is 0 Å². The van der Waals surface area contributed by atoms with Crippen molar-refractivity contribution in [2.24, 2.45) is 0 Å². The lowest BCUT2D eigenvalue weighted by molar-refractivity contribution is -0.385. The fraction of sp³-hybridized carbons (Fsp3) is 0.0667. The molecule has 2 N–H and O–H groups in total. The average Bonchev–Trinajstić information content (AvgIpc) is 2.67. The van der Waals surface area contributed by atoms with Gasteiger partial charge in [0.25, 0.3) is 21.6 Å². The van der Waals surface area contributed by atoms with Crippen LogP contribution < -0.4 is 10.6 Å². The molecule has 0 radical (unpaired) electrons. The summed E-state index contributed by atoms with van der Waals surface area (Å²) in [5.74, 6) is -1.27. The first-order valence-electron chi connectivity index (χ1n) is 7.26. The van der Waals surface area contributed by atoms with Gasteiger partial charge in [0.2, 0.25) is 0 Å². The number of hydrogen-bond donors (Lipinski definition) is 2. The standard InChI is InChI=1S/C15H13ClN4O6S/c1-17-15(22)18-10-6-8-11(9-7-10)27(25,26)19(16)14(21)12-4-2-3-5-13(12)20(23)24/h2-9H,1H3,(H2,17,18,22). The number of nitrogens with one attached hydrogen (secondary N) is 2. The molecule has 0 aliphatic rings. The fourth-order valence-electron chi connectivity index (χ4n) is 2.01. The van der Waals surface area contributed by atoms with Gasteiger partial charge in [-0.2, -0.15) is 8.42 Å². The Kier molecular flexibility index (Phi) is 5.98. The van der Waals surface area contributed by atoms with Crippen LogP contribution in [0.1, 0.15) is 10.4 Å². The van der Waals surface area contributed by atoms with Gasteiger partial charge in [0, 0.05) is 30.6 Å². The molecule has 0 saturated heterocycles. The molecule has 0 aliphatic heterocycles. The number of benzene rings is 2. The van der Waals surface area contributed by atoms with E-state index in [9.17, 15) is 28.1 Å². The number of nitro benzene ring substituents is 1. The number of sulfonamides is 1. The molecule has 2 aromatic rings. The molecule has 10 nitrogen and oxygen atoms in total. The Bertz CT molecular complexity index is 994. The molecule has 142 valence electrons.